The first kappa shape index (κ1) is 53.7. The second-order valence-electron chi connectivity index (χ2n) is 17.4. The van der Waals surface area contributed by atoms with Gasteiger partial charge >= 0.3 is 0 Å². The largest absolute Gasteiger partial charge is 0.392 e. The fraction of sp³-hybridized carbons (Fsp3) is 1.00. The summed E-state index contributed by atoms with van der Waals surface area (Å²) in [5, 5.41) is 43.2. The van der Waals surface area contributed by atoms with Gasteiger partial charge in [0.05, 0.1) is 18.3 Å². The Balaban J connectivity index is 4.31. The van der Waals surface area contributed by atoms with Crippen molar-refractivity contribution in [3.8, 4) is 0 Å². The Labute approximate surface area is 338 Å². The van der Waals surface area contributed by atoms with Crippen molar-refractivity contribution in [3.63, 3.8) is 0 Å². The van der Waals surface area contributed by atoms with E-state index in [4.69, 9.17) is 0 Å². The monoisotopic (exact) mass is 769 g/mol. The summed E-state index contributed by atoms with van der Waals surface area (Å²) >= 11 is 0. The van der Waals surface area contributed by atoms with Gasteiger partial charge in [0.2, 0.25) is 0 Å². The smallest absolute Gasteiger partial charge is 0.0692 e. The van der Waals surface area contributed by atoms with Gasteiger partial charge in [-0.1, -0.05) is 195 Å². The van der Waals surface area contributed by atoms with Gasteiger partial charge in [-0.05, 0) is 31.1 Å². The zero-order valence-electron chi connectivity index (χ0n) is 37.3. The second kappa shape index (κ2) is 42.3. The Kier molecular flexibility index (Phi) is 42.1. The van der Waals surface area contributed by atoms with Crippen molar-refractivity contribution in [2.75, 3.05) is 58.9 Å². The fourth-order valence-corrected chi connectivity index (χ4v) is 7.66. The lowest BCUT2D eigenvalue weighted by Crippen LogP contribution is -2.44. The van der Waals surface area contributed by atoms with E-state index in [-0.39, 0.29) is 24.2 Å². The van der Waals surface area contributed by atoms with Crippen LogP contribution in [-0.2, 0) is 0 Å². The van der Waals surface area contributed by atoms with Crippen LogP contribution in [-0.4, -0.2) is 97.4 Å². The van der Waals surface area contributed by atoms with Crippen molar-refractivity contribution in [2.24, 2.45) is 11.8 Å². The van der Waals surface area contributed by atoms with Gasteiger partial charge in [-0.3, -0.25) is 4.90 Å². The molecule has 0 radical (unpaired) electrons. The van der Waals surface area contributed by atoms with Crippen molar-refractivity contribution in [1.82, 2.24) is 20.9 Å². The Morgan fingerprint density at radius 1 is 0.389 bits per heavy atom. The van der Waals surface area contributed by atoms with Crippen molar-refractivity contribution in [2.45, 2.75) is 233 Å². The Morgan fingerprint density at radius 2 is 0.741 bits per heavy atom. The van der Waals surface area contributed by atoms with E-state index in [1.165, 1.54) is 154 Å². The molecule has 6 N–H and O–H groups in total. The minimum absolute atomic E-state index is 0.269. The van der Waals surface area contributed by atoms with Crippen LogP contribution in [0.1, 0.15) is 214 Å². The first-order valence-electron chi connectivity index (χ1n) is 24.2. The fourth-order valence-electron chi connectivity index (χ4n) is 7.66. The van der Waals surface area contributed by atoms with E-state index in [1.54, 1.807) is 0 Å². The molecule has 0 aromatic rings. The average Bonchev–Trinajstić information content (AvgIpc) is 3.16. The lowest BCUT2D eigenvalue weighted by Gasteiger charge is -2.30. The molecule has 0 aliphatic carbocycles. The van der Waals surface area contributed by atoms with Crippen LogP contribution in [0.3, 0.4) is 0 Å². The molecule has 0 aliphatic heterocycles. The van der Waals surface area contributed by atoms with Crippen LogP contribution >= 0.6 is 0 Å². The van der Waals surface area contributed by atoms with Crippen LogP contribution < -0.4 is 16.0 Å². The summed E-state index contributed by atoms with van der Waals surface area (Å²) in [5.74, 6) is 0.636. The van der Waals surface area contributed by atoms with Crippen molar-refractivity contribution in [3.05, 3.63) is 0 Å². The molecule has 0 rings (SSSR count). The first-order chi connectivity index (χ1) is 26.3. The molecular weight excluding hydrogens is 669 g/mol. The van der Waals surface area contributed by atoms with Crippen LogP contribution in [0.2, 0.25) is 0 Å². The summed E-state index contributed by atoms with van der Waals surface area (Å²) in [6.07, 6.45) is 35.1. The van der Waals surface area contributed by atoms with Crippen LogP contribution in [0.4, 0.5) is 0 Å². The molecule has 7 heteroatoms. The number of nitrogens with zero attached hydrogens (tertiary/aromatic N) is 1. The molecule has 0 aromatic carbocycles. The van der Waals surface area contributed by atoms with E-state index >= 15 is 0 Å². The van der Waals surface area contributed by atoms with E-state index < -0.39 is 0 Å². The first-order valence-corrected chi connectivity index (χ1v) is 24.2. The predicted molar refractivity (Wildman–Crippen MR) is 238 cm³/mol. The molecule has 0 saturated heterocycles. The zero-order chi connectivity index (χ0) is 39.7. The maximum atomic E-state index is 11.2. The second-order valence-corrected chi connectivity index (χ2v) is 17.4. The number of nitrogens with one attached hydrogen (secondary N) is 3. The number of hydrogen-bond donors (Lipinski definition) is 6. The van der Waals surface area contributed by atoms with Gasteiger partial charge in [-0.15, -0.1) is 0 Å². The number of aliphatic hydroxyl groups excluding tert-OH is 3. The molecule has 0 amide bonds. The molecule has 0 fully saturated rings. The Morgan fingerprint density at radius 3 is 1.19 bits per heavy atom. The lowest BCUT2D eigenvalue weighted by atomic mass is 9.96. The summed E-state index contributed by atoms with van der Waals surface area (Å²) in [7, 11) is 0. The van der Waals surface area contributed by atoms with Crippen molar-refractivity contribution >= 4 is 0 Å². The molecule has 0 saturated carbocycles. The zero-order valence-corrected chi connectivity index (χ0v) is 37.3. The number of rotatable bonds is 45. The number of hydrogen-bond acceptors (Lipinski definition) is 7. The molecule has 0 bridgehead atoms. The van der Waals surface area contributed by atoms with Gasteiger partial charge in [0.25, 0.3) is 0 Å². The summed E-state index contributed by atoms with van der Waals surface area (Å²) in [4.78, 5) is 2.30. The molecule has 0 aliphatic rings. The van der Waals surface area contributed by atoms with Crippen LogP contribution in [0.5, 0.6) is 0 Å². The lowest BCUT2D eigenvalue weighted by molar-refractivity contribution is 0.0401. The third-order valence-electron chi connectivity index (χ3n) is 11.8. The van der Waals surface area contributed by atoms with E-state index in [0.29, 0.717) is 25.6 Å². The standard InChI is InChI=1S/C47H100N4O3/c1-6-9-12-15-18-21-24-27-30-33-45(52)41-51(42-47(54)44(5)32-29-26-23-20-17-14-11-8-3)39-38-49-35-34-48-36-37-50-40-46(53)43(4)31-28-25-22-19-16-13-10-7-2/h43-50,52-54H,6-42H2,1-5H3. The molecule has 5 atom stereocenters. The van der Waals surface area contributed by atoms with Gasteiger partial charge in [-0.25, -0.2) is 0 Å². The molecule has 0 aromatic heterocycles. The highest BCUT2D eigenvalue weighted by molar-refractivity contribution is 4.74. The SMILES string of the molecule is CCCCCCCCCCCC(O)CN(CCNCCNCCNCC(O)C(C)CCCCCCCCCC)CC(O)C(C)CCCCCCCCCC. The summed E-state index contributed by atoms with van der Waals surface area (Å²) in [6.45, 7) is 18.4. The third kappa shape index (κ3) is 37.3. The van der Waals surface area contributed by atoms with E-state index in [0.717, 1.165) is 65.0 Å². The van der Waals surface area contributed by atoms with Gasteiger partial charge in [-0.2, -0.15) is 0 Å². The normalized spacial score (nSPS) is 14.8. The topological polar surface area (TPSA) is 100 Å². The van der Waals surface area contributed by atoms with Crippen molar-refractivity contribution < 1.29 is 15.3 Å². The highest BCUT2D eigenvalue weighted by Gasteiger charge is 2.20. The van der Waals surface area contributed by atoms with E-state index in [1.807, 2.05) is 0 Å². The molecule has 0 heterocycles. The quantitative estimate of drug-likeness (QED) is 0.0343. The van der Waals surface area contributed by atoms with Gasteiger partial charge in [0.1, 0.15) is 0 Å². The molecule has 326 valence electrons. The molecule has 7 nitrogen and oxygen atoms in total. The van der Waals surface area contributed by atoms with E-state index in [9.17, 15) is 15.3 Å². The summed E-state index contributed by atoms with van der Waals surface area (Å²) in [6, 6.07) is 0. The van der Waals surface area contributed by atoms with Crippen LogP contribution in [0.25, 0.3) is 0 Å². The highest BCUT2D eigenvalue weighted by Crippen LogP contribution is 2.18. The number of aliphatic hydroxyl groups is 3. The average molecular weight is 769 g/mol. The molecule has 54 heavy (non-hydrogen) atoms. The Bertz CT molecular complexity index is 716. The summed E-state index contributed by atoms with van der Waals surface area (Å²) < 4.78 is 0. The molecule has 5 unspecified atom stereocenters. The maximum absolute atomic E-state index is 11.2. The van der Waals surface area contributed by atoms with E-state index in [2.05, 4.69) is 55.5 Å². The van der Waals surface area contributed by atoms with Gasteiger partial charge in [0, 0.05) is 58.9 Å². The van der Waals surface area contributed by atoms with Gasteiger partial charge < -0.3 is 31.3 Å². The number of unbranched alkanes of at least 4 members (excludes halogenated alkanes) is 22. The maximum Gasteiger partial charge on any atom is 0.0692 e. The highest BCUT2D eigenvalue weighted by atomic mass is 16.3. The predicted octanol–water partition coefficient (Wildman–Crippen LogP) is 10.4. The third-order valence-corrected chi connectivity index (χ3v) is 11.8. The molecule has 0 spiro atoms. The van der Waals surface area contributed by atoms with Crippen LogP contribution in [0, 0.1) is 11.8 Å². The molecular formula is C47H100N4O3. The minimum Gasteiger partial charge on any atom is -0.392 e. The summed E-state index contributed by atoms with van der Waals surface area (Å²) in [5.41, 5.74) is 0. The minimum atomic E-state index is -0.352. The van der Waals surface area contributed by atoms with Crippen molar-refractivity contribution in [1.29, 1.82) is 0 Å². The van der Waals surface area contributed by atoms with Crippen LogP contribution in [0.15, 0.2) is 0 Å². The van der Waals surface area contributed by atoms with Gasteiger partial charge in [0.15, 0.2) is 0 Å². The Hall–Kier alpha value is -0.280.